The summed E-state index contributed by atoms with van der Waals surface area (Å²) in [4.78, 5) is 30.8. The molecule has 0 bridgehead atoms. The van der Waals surface area contributed by atoms with Crippen molar-refractivity contribution in [3.8, 4) is 0 Å². The maximum Gasteiger partial charge on any atom is 0.309 e. The maximum absolute atomic E-state index is 12.6. The normalized spacial score (nSPS) is 25.4. The lowest BCUT2D eigenvalue weighted by molar-refractivity contribution is -0.145. The van der Waals surface area contributed by atoms with Gasteiger partial charge in [0.2, 0.25) is 0 Å². The second kappa shape index (κ2) is 7.19. The number of amides is 1. The van der Waals surface area contributed by atoms with E-state index in [0.717, 1.165) is 17.8 Å². The topological polar surface area (TPSA) is 79.7 Å². The Balaban J connectivity index is 1.58. The smallest absolute Gasteiger partial charge is 0.309 e. The van der Waals surface area contributed by atoms with Crippen LogP contribution in [0.25, 0.3) is 0 Å². The number of rotatable bonds is 4. The van der Waals surface area contributed by atoms with E-state index >= 15 is 0 Å². The highest BCUT2D eigenvalue weighted by Crippen LogP contribution is 2.34. The van der Waals surface area contributed by atoms with Crippen LogP contribution >= 0.6 is 11.3 Å². The highest BCUT2D eigenvalue weighted by molar-refractivity contribution is 7.13. The molecule has 24 heavy (non-hydrogen) atoms. The van der Waals surface area contributed by atoms with Gasteiger partial charge in [0.05, 0.1) is 23.2 Å². The van der Waals surface area contributed by atoms with Crippen molar-refractivity contribution in [2.75, 3.05) is 19.7 Å². The van der Waals surface area contributed by atoms with Crippen molar-refractivity contribution in [3.63, 3.8) is 0 Å². The van der Waals surface area contributed by atoms with Crippen molar-refractivity contribution in [1.29, 1.82) is 0 Å². The number of aliphatic carboxylic acids is 1. The first-order chi connectivity index (χ1) is 11.5. The van der Waals surface area contributed by atoms with Gasteiger partial charge in [0.1, 0.15) is 4.88 Å². The molecule has 2 atom stereocenters. The fraction of sp³-hybridized carbons (Fsp3) is 0.706. The van der Waals surface area contributed by atoms with E-state index in [9.17, 15) is 14.7 Å². The number of thiazole rings is 1. The molecule has 7 heteroatoms. The summed E-state index contributed by atoms with van der Waals surface area (Å²) in [7, 11) is 0. The Morgan fingerprint density at radius 2 is 2.04 bits per heavy atom. The molecular formula is C17H24N2O4S. The molecule has 0 spiro atoms. The van der Waals surface area contributed by atoms with Crippen molar-refractivity contribution >= 4 is 23.2 Å². The van der Waals surface area contributed by atoms with Crippen LogP contribution in [0.5, 0.6) is 0 Å². The Hall–Kier alpha value is -1.47. The zero-order chi connectivity index (χ0) is 17.3. The maximum atomic E-state index is 12.6. The van der Waals surface area contributed by atoms with Gasteiger partial charge in [-0.1, -0.05) is 13.8 Å². The zero-order valence-corrected chi connectivity index (χ0v) is 14.9. The van der Waals surface area contributed by atoms with E-state index in [-0.39, 0.29) is 17.9 Å². The molecule has 2 fully saturated rings. The van der Waals surface area contributed by atoms with Crippen LogP contribution in [0.4, 0.5) is 0 Å². The molecule has 0 saturated carbocycles. The van der Waals surface area contributed by atoms with Gasteiger partial charge in [0, 0.05) is 25.6 Å². The van der Waals surface area contributed by atoms with Crippen LogP contribution in [0.3, 0.4) is 0 Å². The first-order valence-corrected chi connectivity index (χ1v) is 9.38. The Morgan fingerprint density at radius 1 is 1.33 bits per heavy atom. The molecule has 1 N–H and O–H groups in total. The number of carbonyl (C=O) groups is 2. The molecule has 6 nitrogen and oxygen atoms in total. The molecule has 1 amide bonds. The van der Waals surface area contributed by atoms with Crippen molar-refractivity contribution in [3.05, 3.63) is 16.1 Å². The van der Waals surface area contributed by atoms with Gasteiger partial charge in [-0.25, -0.2) is 4.98 Å². The van der Waals surface area contributed by atoms with Crippen molar-refractivity contribution in [2.24, 2.45) is 11.8 Å². The minimum absolute atomic E-state index is 0.0416. The van der Waals surface area contributed by atoms with E-state index in [1.54, 1.807) is 6.20 Å². The van der Waals surface area contributed by atoms with E-state index in [0.29, 0.717) is 36.9 Å². The predicted molar refractivity (Wildman–Crippen MR) is 90.3 cm³/mol. The summed E-state index contributed by atoms with van der Waals surface area (Å²) in [5.74, 6) is -0.561. The average molecular weight is 352 g/mol. The molecule has 1 aromatic heterocycles. The number of carbonyl (C=O) groups excluding carboxylic acids is 1. The monoisotopic (exact) mass is 352 g/mol. The minimum atomic E-state index is -0.762. The van der Waals surface area contributed by atoms with Gasteiger partial charge < -0.3 is 14.7 Å². The van der Waals surface area contributed by atoms with Gasteiger partial charge in [-0.3, -0.25) is 9.59 Å². The Labute approximate surface area is 145 Å². The van der Waals surface area contributed by atoms with Gasteiger partial charge in [-0.05, 0) is 25.2 Å². The highest BCUT2D eigenvalue weighted by atomic mass is 32.1. The second-order valence-corrected chi connectivity index (χ2v) is 7.98. The average Bonchev–Trinajstić information content (AvgIpc) is 3.23. The number of carboxylic acids is 1. The number of piperidine rings is 1. The lowest BCUT2D eigenvalue weighted by Crippen LogP contribution is -2.43. The molecule has 2 saturated heterocycles. The van der Waals surface area contributed by atoms with Crippen molar-refractivity contribution in [2.45, 2.75) is 45.1 Å². The van der Waals surface area contributed by atoms with Crippen LogP contribution in [0.2, 0.25) is 0 Å². The summed E-state index contributed by atoms with van der Waals surface area (Å²) in [6.07, 6.45) is 3.68. The van der Waals surface area contributed by atoms with Gasteiger partial charge >= 0.3 is 5.97 Å². The lowest BCUT2D eigenvalue weighted by Gasteiger charge is -2.35. The number of likely N-dealkylation sites (tertiary alicyclic amines) is 1. The molecule has 0 aliphatic carbocycles. The third-order valence-corrected chi connectivity index (χ3v) is 6.26. The molecule has 2 aliphatic heterocycles. The van der Waals surface area contributed by atoms with Crippen LogP contribution in [0.1, 0.15) is 53.7 Å². The van der Waals surface area contributed by atoms with E-state index in [1.165, 1.54) is 11.3 Å². The zero-order valence-electron chi connectivity index (χ0n) is 14.1. The Morgan fingerprint density at radius 3 is 2.62 bits per heavy atom. The predicted octanol–water partition coefficient (Wildman–Crippen LogP) is 2.61. The molecule has 0 radical (unpaired) electrons. The number of carboxylic acid groups (broad SMARTS) is 1. The Bertz CT molecular complexity index is 607. The SMILES string of the molecule is CC(C)c1ncc(C(=O)N2CCC([C@@H]3OCCC3C(=O)O)CC2)s1. The molecule has 132 valence electrons. The second-order valence-electron chi connectivity index (χ2n) is 6.92. The largest absolute Gasteiger partial charge is 0.481 e. The molecule has 0 aromatic carbocycles. The van der Waals surface area contributed by atoms with Crippen LogP contribution in [-0.2, 0) is 9.53 Å². The lowest BCUT2D eigenvalue weighted by atomic mass is 9.84. The van der Waals surface area contributed by atoms with Crippen molar-refractivity contribution < 1.29 is 19.4 Å². The first kappa shape index (κ1) is 17.4. The quantitative estimate of drug-likeness (QED) is 0.901. The van der Waals surface area contributed by atoms with Crippen LogP contribution < -0.4 is 0 Å². The van der Waals surface area contributed by atoms with E-state index in [4.69, 9.17) is 4.74 Å². The van der Waals surface area contributed by atoms with Crippen LogP contribution in [0, 0.1) is 11.8 Å². The minimum Gasteiger partial charge on any atom is -0.481 e. The number of aromatic nitrogens is 1. The fourth-order valence-corrected chi connectivity index (χ4v) is 4.47. The van der Waals surface area contributed by atoms with E-state index in [1.807, 2.05) is 4.90 Å². The molecule has 1 aromatic rings. The number of ether oxygens (including phenoxy) is 1. The van der Waals surface area contributed by atoms with Crippen molar-refractivity contribution in [1.82, 2.24) is 9.88 Å². The third-order valence-electron chi connectivity index (χ3n) is 4.97. The highest BCUT2D eigenvalue weighted by Gasteiger charge is 2.40. The number of nitrogens with zero attached hydrogens (tertiary/aromatic N) is 2. The summed E-state index contributed by atoms with van der Waals surface area (Å²) < 4.78 is 5.68. The summed E-state index contributed by atoms with van der Waals surface area (Å²) in [6.45, 7) is 5.98. The number of hydrogen-bond donors (Lipinski definition) is 1. The van der Waals surface area contributed by atoms with Crippen LogP contribution in [0.15, 0.2) is 6.20 Å². The Kier molecular flexibility index (Phi) is 5.20. The summed E-state index contributed by atoms with van der Waals surface area (Å²) in [5, 5.41) is 10.3. The molecule has 1 unspecified atom stereocenters. The molecule has 2 aliphatic rings. The van der Waals surface area contributed by atoms with Gasteiger partial charge in [-0.15, -0.1) is 11.3 Å². The van der Waals surface area contributed by atoms with Crippen LogP contribution in [-0.4, -0.2) is 52.7 Å². The molecule has 3 rings (SSSR count). The van der Waals surface area contributed by atoms with Gasteiger partial charge in [0.15, 0.2) is 0 Å². The summed E-state index contributed by atoms with van der Waals surface area (Å²) in [6, 6.07) is 0. The fourth-order valence-electron chi connectivity index (χ4n) is 3.58. The molecular weight excluding hydrogens is 328 g/mol. The van der Waals surface area contributed by atoms with Gasteiger partial charge in [0.25, 0.3) is 5.91 Å². The number of hydrogen-bond acceptors (Lipinski definition) is 5. The first-order valence-electron chi connectivity index (χ1n) is 8.56. The van der Waals surface area contributed by atoms with E-state index < -0.39 is 11.9 Å². The summed E-state index contributed by atoms with van der Waals surface area (Å²) in [5.41, 5.74) is 0. The third kappa shape index (κ3) is 3.47. The summed E-state index contributed by atoms with van der Waals surface area (Å²) >= 11 is 1.47. The standard InChI is InChI=1S/C17H24N2O4S/c1-10(2)15-18-9-13(24-15)16(20)19-6-3-11(4-7-19)14-12(17(21)22)5-8-23-14/h9-12,14H,3-8H2,1-2H3,(H,21,22)/t12?,14-/m0/s1. The van der Waals surface area contributed by atoms with E-state index in [2.05, 4.69) is 18.8 Å². The molecule has 3 heterocycles. The van der Waals surface area contributed by atoms with Gasteiger partial charge in [-0.2, -0.15) is 0 Å².